The van der Waals surface area contributed by atoms with Gasteiger partial charge in [0, 0.05) is 17.5 Å². The number of ketones is 1. The van der Waals surface area contributed by atoms with Crippen molar-refractivity contribution in [2.45, 2.75) is 20.3 Å². The molecule has 0 aromatic heterocycles. The molecule has 0 heterocycles. The molecule has 0 aliphatic carbocycles. The molecule has 0 aliphatic rings. The van der Waals surface area contributed by atoms with E-state index in [4.69, 9.17) is 4.74 Å². The standard InChI is InChI=1S/C17H16O3/c1-3-17(19)20-16-7-5-4-6-15(16)14-10-8-13(9-11-14)12(2)18/h4-11H,3H2,1-2H3. The molecule has 2 rings (SSSR count). The van der Waals surface area contributed by atoms with Crippen molar-refractivity contribution in [1.29, 1.82) is 0 Å². The third kappa shape index (κ3) is 3.12. The van der Waals surface area contributed by atoms with Crippen LogP contribution in [0.1, 0.15) is 30.6 Å². The summed E-state index contributed by atoms with van der Waals surface area (Å²) in [6.07, 6.45) is 0.331. The fourth-order valence-electron chi connectivity index (χ4n) is 1.87. The Bertz CT molecular complexity index is 627. The Balaban J connectivity index is 2.37. The predicted octanol–water partition coefficient (Wildman–Crippen LogP) is 3.87. The number of carbonyl (C=O) groups excluding carboxylic acids is 2. The maximum Gasteiger partial charge on any atom is 0.310 e. The molecule has 20 heavy (non-hydrogen) atoms. The molecule has 102 valence electrons. The zero-order valence-electron chi connectivity index (χ0n) is 11.6. The molecule has 0 N–H and O–H groups in total. The van der Waals surface area contributed by atoms with E-state index in [0.29, 0.717) is 17.7 Å². The highest BCUT2D eigenvalue weighted by Crippen LogP contribution is 2.30. The molecular weight excluding hydrogens is 252 g/mol. The van der Waals surface area contributed by atoms with E-state index >= 15 is 0 Å². The second-order valence-electron chi connectivity index (χ2n) is 4.46. The molecule has 0 unspecified atom stereocenters. The van der Waals surface area contributed by atoms with Crippen LogP contribution in [0.2, 0.25) is 0 Å². The van der Waals surface area contributed by atoms with Crippen LogP contribution in [-0.2, 0) is 4.79 Å². The van der Waals surface area contributed by atoms with Gasteiger partial charge in [0.2, 0.25) is 0 Å². The lowest BCUT2D eigenvalue weighted by molar-refractivity contribution is -0.133. The summed E-state index contributed by atoms with van der Waals surface area (Å²) in [4.78, 5) is 22.7. The van der Waals surface area contributed by atoms with E-state index in [1.807, 2.05) is 30.3 Å². The normalized spacial score (nSPS) is 10.1. The van der Waals surface area contributed by atoms with E-state index in [9.17, 15) is 9.59 Å². The van der Waals surface area contributed by atoms with Gasteiger partial charge in [-0.25, -0.2) is 0 Å². The molecule has 0 saturated carbocycles. The van der Waals surface area contributed by atoms with Crippen LogP contribution in [0.3, 0.4) is 0 Å². The molecule has 0 saturated heterocycles. The van der Waals surface area contributed by atoms with Crippen molar-refractivity contribution in [3.05, 3.63) is 54.1 Å². The molecule has 3 nitrogen and oxygen atoms in total. The topological polar surface area (TPSA) is 43.4 Å². The number of ether oxygens (including phenoxy) is 1. The zero-order chi connectivity index (χ0) is 14.5. The van der Waals surface area contributed by atoms with Gasteiger partial charge in [-0.05, 0) is 18.6 Å². The first-order chi connectivity index (χ1) is 9.61. The van der Waals surface area contributed by atoms with Crippen molar-refractivity contribution in [3.8, 4) is 16.9 Å². The van der Waals surface area contributed by atoms with Crippen LogP contribution in [0.4, 0.5) is 0 Å². The lowest BCUT2D eigenvalue weighted by Crippen LogP contribution is -2.06. The van der Waals surface area contributed by atoms with Gasteiger partial charge in [0.25, 0.3) is 0 Å². The van der Waals surface area contributed by atoms with Crippen molar-refractivity contribution in [2.75, 3.05) is 0 Å². The third-order valence-electron chi connectivity index (χ3n) is 3.00. The third-order valence-corrected chi connectivity index (χ3v) is 3.00. The molecule has 0 aliphatic heterocycles. The van der Waals surface area contributed by atoms with Gasteiger partial charge in [-0.3, -0.25) is 9.59 Å². The minimum atomic E-state index is -0.266. The van der Waals surface area contributed by atoms with E-state index < -0.39 is 0 Å². The first-order valence-corrected chi connectivity index (χ1v) is 6.53. The highest BCUT2D eigenvalue weighted by molar-refractivity contribution is 5.94. The monoisotopic (exact) mass is 268 g/mol. The molecule has 0 atom stereocenters. The largest absolute Gasteiger partial charge is 0.426 e. The van der Waals surface area contributed by atoms with Gasteiger partial charge in [-0.1, -0.05) is 49.4 Å². The number of para-hydroxylation sites is 1. The number of carbonyl (C=O) groups is 2. The summed E-state index contributed by atoms with van der Waals surface area (Å²) < 4.78 is 5.32. The summed E-state index contributed by atoms with van der Waals surface area (Å²) in [6, 6.07) is 14.6. The van der Waals surface area contributed by atoms with Crippen LogP contribution >= 0.6 is 0 Å². The van der Waals surface area contributed by atoms with Gasteiger partial charge in [-0.2, -0.15) is 0 Å². The summed E-state index contributed by atoms with van der Waals surface area (Å²) in [5.41, 5.74) is 2.41. The van der Waals surface area contributed by atoms with Crippen molar-refractivity contribution in [2.24, 2.45) is 0 Å². The lowest BCUT2D eigenvalue weighted by Gasteiger charge is -2.10. The number of hydrogen-bond donors (Lipinski definition) is 0. The quantitative estimate of drug-likeness (QED) is 0.480. The van der Waals surface area contributed by atoms with Crippen LogP contribution in [0.15, 0.2) is 48.5 Å². The molecule has 0 bridgehead atoms. The summed E-state index contributed by atoms with van der Waals surface area (Å²) in [5, 5.41) is 0. The molecular formula is C17H16O3. The van der Waals surface area contributed by atoms with E-state index in [1.165, 1.54) is 6.92 Å². The summed E-state index contributed by atoms with van der Waals surface area (Å²) >= 11 is 0. The first kappa shape index (κ1) is 14.0. The highest BCUT2D eigenvalue weighted by atomic mass is 16.5. The van der Waals surface area contributed by atoms with Gasteiger partial charge in [0.05, 0.1) is 0 Å². The molecule has 0 radical (unpaired) electrons. The van der Waals surface area contributed by atoms with Crippen LogP contribution < -0.4 is 4.74 Å². The van der Waals surface area contributed by atoms with Gasteiger partial charge in [0.1, 0.15) is 5.75 Å². The van der Waals surface area contributed by atoms with Gasteiger partial charge >= 0.3 is 5.97 Å². The zero-order valence-corrected chi connectivity index (χ0v) is 11.6. The Morgan fingerprint density at radius 2 is 1.65 bits per heavy atom. The molecule has 3 heteroatoms. The second kappa shape index (κ2) is 6.15. The van der Waals surface area contributed by atoms with Crippen LogP contribution in [0, 0.1) is 0 Å². The van der Waals surface area contributed by atoms with Crippen molar-refractivity contribution in [1.82, 2.24) is 0 Å². The van der Waals surface area contributed by atoms with Crippen molar-refractivity contribution in [3.63, 3.8) is 0 Å². The summed E-state index contributed by atoms with van der Waals surface area (Å²) in [5.74, 6) is 0.301. The van der Waals surface area contributed by atoms with Crippen LogP contribution in [0.5, 0.6) is 5.75 Å². The minimum Gasteiger partial charge on any atom is -0.426 e. The fourth-order valence-corrected chi connectivity index (χ4v) is 1.87. The Morgan fingerprint density at radius 3 is 2.25 bits per heavy atom. The Labute approximate surface area is 118 Å². The number of Topliss-reactive ketones (excluding diaryl/α,β-unsaturated/α-hetero) is 1. The fraction of sp³-hybridized carbons (Fsp3) is 0.176. The highest BCUT2D eigenvalue weighted by Gasteiger charge is 2.09. The Hall–Kier alpha value is -2.42. The predicted molar refractivity (Wildman–Crippen MR) is 77.8 cm³/mol. The van der Waals surface area contributed by atoms with E-state index in [-0.39, 0.29) is 11.8 Å². The van der Waals surface area contributed by atoms with E-state index in [2.05, 4.69) is 0 Å². The maximum absolute atomic E-state index is 11.4. The maximum atomic E-state index is 11.4. The van der Waals surface area contributed by atoms with E-state index in [0.717, 1.165) is 11.1 Å². The van der Waals surface area contributed by atoms with Crippen LogP contribution in [0.25, 0.3) is 11.1 Å². The number of hydrogen-bond acceptors (Lipinski definition) is 3. The number of rotatable bonds is 4. The Kier molecular flexibility index (Phi) is 4.31. The molecule has 0 fully saturated rings. The molecule has 0 spiro atoms. The SMILES string of the molecule is CCC(=O)Oc1ccccc1-c1ccc(C(C)=O)cc1. The number of benzene rings is 2. The Morgan fingerprint density at radius 1 is 1.00 bits per heavy atom. The second-order valence-corrected chi connectivity index (χ2v) is 4.46. The molecule has 2 aromatic rings. The summed E-state index contributed by atoms with van der Waals surface area (Å²) in [7, 11) is 0. The lowest BCUT2D eigenvalue weighted by atomic mass is 10.0. The van der Waals surface area contributed by atoms with E-state index in [1.54, 1.807) is 25.1 Å². The summed E-state index contributed by atoms with van der Waals surface area (Å²) in [6.45, 7) is 3.29. The van der Waals surface area contributed by atoms with Gasteiger partial charge in [0.15, 0.2) is 5.78 Å². The number of esters is 1. The smallest absolute Gasteiger partial charge is 0.310 e. The first-order valence-electron chi connectivity index (χ1n) is 6.53. The average Bonchev–Trinajstić information content (AvgIpc) is 2.48. The van der Waals surface area contributed by atoms with Gasteiger partial charge < -0.3 is 4.74 Å². The van der Waals surface area contributed by atoms with Crippen molar-refractivity contribution >= 4 is 11.8 Å². The molecule has 0 amide bonds. The molecule has 2 aromatic carbocycles. The van der Waals surface area contributed by atoms with Crippen LogP contribution in [-0.4, -0.2) is 11.8 Å². The minimum absolute atomic E-state index is 0.0299. The van der Waals surface area contributed by atoms with Crippen molar-refractivity contribution < 1.29 is 14.3 Å². The average molecular weight is 268 g/mol. The van der Waals surface area contributed by atoms with Gasteiger partial charge in [-0.15, -0.1) is 0 Å².